The highest BCUT2D eigenvalue weighted by molar-refractivity contribution is 5.94. The average molecular weight is 206 g/mol. The Morgan fingerprint density at radius 1 is 1.60 bits per heavy atom. The molecule has 1 aliphatic rings. The quantitative estimate of drug-likeness (QED) is 0.818. The van der Waals surface area contributed by atoms with Crippen LogP contribution in [0.2, 0.25) is 0 Å². The lowest BCUT2D eigenvalue weighted by atomic mass is 10.3. The Bertz CT molecular complexity index is 361. The largest absolute Gasteiger partial charge is 0.481 e. The summed E-state index contributed by atoms with van der Waals surface area (Å²) in [6, 6.07) is 3.52. The van der Waals surface area contributed by atoms with E-state index in [0.717, 1.165) is 12.1 Å². The Kier molecular flexibility index (Phi) is 2.58. The van der Waals surface area contributed by atoms with Crippen LogP contribution in [0.25, 0.3) is 0 Å². The zero-order chi connectivity index (χ0) is 10.8. The van der Waals surface area contributed by atoms with Gasteiger partial charge < -0.3 is 10.1 Å². The van der Waals surface area contributed by atoms with E-state index >= 15 is 0 Å². The van der Waals surface area contributed by atoms with Gasteiger partial charge in [-0.3, -0.25) is 4.79 Å². The van der Waals surface area contributed by atoms with E-state index < -0.39 is 0 Å². The molecule has 1 saturated carbocycles. The summed E-state index contributed by atoms with van der Waals surface area (Å²) < 4.78 is 4.93. The number of carbonyl (C=O) groups is 1. The standard InChI is InChI=1S/C11H14N2O2/c1-7-5-9(7)11(14)13-8-3-4-10(15-2)12-6-8/h3-4,6-7,9H,5H2,1-2H3,(H,13,14)/t7-,9-/m1/s1. The first-order chi connectivity index (χ1) is 7.20. The van der Waals surface area contributed by atoms with Gasteiger partial charge in [-0.05, 0) is 18.4 Å². The molecule has 0 aromatic carbocycles. The van der Waals surface area contributed by atoms with Crippen molar-refractivity contribution in [2.45, 2.75) is 13.3 Å². The Labute approximate surface area is 88.7 Å². The number of amides is 1. The molecule has 1 N–H and O–H groups in total. The molecule has 15 heavy (non-hydrogen) atoms. The minimum atomic E-state index is 0.0921. The molecule has 4 nitrogen and oxygen atoms in total. The second-order valence-electron chi connectivity index (χ2n) is 3.90. The molecule has 1 amide bonds. The van der Waals surface area contributed by atoms with Crippen molar-refractivity contribution in [1.82, 2.24) is 4.98 Å². The molecule has 0 aliphatic heterocycles. The van der Waals surface area contributed by atoms with Crippen LogP contribution in [0.5, 0.6) is 5.88 Å². The third kappa shape index (κ3) is 2.26. The fraction of sp³-hybridized carbons (Fsp3) is 0.455. The summed E-state index contributed by atoms with van der Waals surface area (Å²) in [5.41, 5.74) is 0.722. The van der Waals surface area contributed by atoms with E-state index in [2.05, 4.69) is 17.2 Å². The Hall–Kier alpha value is -1.58. The first-order valence-electron chi connectivity index (χ1n) is 5.01. The number of carbonyl (C=O) groups excluding carboxylic acids is 1. The van der Waals surface area contributed by atoms with Gasteiger partial charge in [0.05, 0.1) is 19.0 Å². The van der Waals surface area contributed by atoms with Crippen molar-refractivity contribution >= 4 is 11.6 Å². The Balaban J connectivity index is 1.95. The maximum atomic E-state index is 11.6. The number of hydrogen-bond acceptors (Lipinski definition) is 3. The van der Waals surface area contributed by atoms with Crippen molar-refractivity contribution in [3.05, 3.63) is 18.3 Å². The number of nitrogens with one attached hydrogen (secondary N) is 1. The molecule has 0 saturated heterocycles. The first-order valence-corrected chi connectivity index (χ1v) is 5.01. The van der Waals surface area contributed by atoms with Crippen LogP contribution >= 0.6 is 0 Å². The molecule has 80 valence electrons. The van der Waals surface area contributed by atoms with Crippen molar-refractivity contribution in [3.8, 4) is 5.88 Å². The molecule has 0 spiro atoms. The van der Waals surface area contributed by atoms with Gasteiger partial charge in [0.15, 0.2) is 0 Å². The highest BCUT2D eigenvalue weighted by atomic mass is 16.5. The van der Waals surface area contributed by atoms with Gasteiger partial charge in [-0.2, -0.15) is 0 Å². The number of aromatic nitrogens is 1. The van der Waals surface area contributed by atoms with Crippen LogP contribution in [0, 0.1) is 11.8 Å². The average Bonchev–Trinajstić information content (AvgIpc) is 2.97. The van der Waals surface area contributed by atoms with Crippen molar-refractivity contribution < 1.29 is 9.53 Å². The summed E-state index contributed by atoms with van der Waals surface area (Å²) in [7, 11) is 1.56. The SMILES string of the molecule is COc1ccc(NC(=O)[C@@H]2C[C@H]2C)cn1. The van der Waals surface area contributed by atoms with E-state index in [1.165, 1.54) is 0 Å². The normalized spacial score (nSPS) is 23.3. The van der Waals surface area contributed by atoms with Gasteiger partial charge >= 0.3 is 0 Å². The molecule has 0 unspecified atom stereocenters. The van der Waals surface area contributed by atoms with Crippen LogP contribution in [0.3, 0.4) is 0 Å². The lowest BCUT2D eigenvalue weighted by Crippen LogP contribution is -2.14. The van der Waals surface area contributed by atoms with E-state index in [1.54, 1.807) is 25.4 Å². The Morgan fingerprint density at radius 3 is 2.80 bits per heavy atom. The van der Waals surface area contributed by atoms with Gasteiger partial charge in [-0.15, -0.1) is 0 Å². The smallest absolute Gasteiger partial charge is 0.227 e. The number of pyridine rings is 1. The fourth-order valence-electron chi connectivity index (χ4n) is 1.50. The minimum Gasteiger partial charge on any atom is -0.481 e. The molecule has 0 bridgehead atoms. The number of anilines is 1. The molecule has 1 aromatic heterocycles. The lowest BCUT2D eigenvalue weighted by molar-refractivity contribution is -0.117. The zero-order valence-electron chi connectivity index (χ0n) is 8.86. The highest BCUT2D eigenvalue weighted by Gasteiger charge is 2.39. The van der Waals surface area contributed by atoms with E-state index in [0.29, 0.717) is 11.8 Å². The van der Waals surface area contributed by atoms with Gasteiger partial charge in [-0.25, -0.2) is 4.98 Å². The molecule has 1 aromatic rings. The van der Waals surface area contributed by atoms with Crippen LogP contribution in [-0.4, -0.2) is 18.0 Å². The van der Waals surface area contributed by atoms with Gasteiger partial charge in [-0.1, -0.05) is 6.92 Å². The van der Waals surface area contributed by atoms with Crippen molar-refractivity contribution in [1.29, 1.82) is 0 Å². The summed E-state index contributed by atoms with van der Waals surface area (Å²) in [4.78, 5) is 15.6. The summed E-state index contributed by atoms with van der Waals surface area (Å²) in [6.07, 6.45) is 2.60. The predicted molar refractivity (Wildman–Crippen MR) is 56.7 cm³/mol. The van der Waals surface area contributed by atoms with Crippen molar-refractivity contribution in [2.75, 3.05) is 12.4 Å². The molecular formula is C11H14N2O2. The molecule has 1 fully saturated rings. The molecular weight excluding hydrogens is 192 g/mol. The summed E-state index contributed by atoms with van der Waals surface area (Å²) in [6.45, 7) is 2.08. The molecule has 2 rings (SSSR count). The summed E-state index contributed by atoms with van der Waals surface area (Å²) >= 11 is 0. The second kappa shape index (κ2) is 3.88. The monoisotopic (exact) mass is 206 g/mol. The number of methoxy groups -OCH3 is 1. The first kappa shape index (κ1) is 9.96. The van der Waals surface area contributed by atoms with E-state index in [-0.39, 0.29) is 11.8 Å². The molecule has 0 radical (unpaired) electrons. The van der Waals surface area contributed by atoms with Gasteiger partial charge in [0.25, 0.3) is 0 Å². The Morgan fingerprint density at radius 2 is 2.33 bits per heavy atom. The van der Waals surface area contributed by atoms with Crippen molar-refractivity contribution in [2.24, 2.45) is 11.8 Å². The van der Waals surface area contributed by atoms with Crippen LogP contribution in [0.1, 0.15) is 13.3 Å². The lowest BCUT2D eigenvalue weighted by Gasteiger charge is -2.04. The predicted octanol–water partition coefficient (Wildman–Crippen LogP) is 1.68. The van der Waals surface area contributed by atoms with Crippen LogP contribution in [0.15, 0.2) is 18.3 Å². The van der Waals surface area contributed by atoms with E-state index in [9.17, 15) is 4.79 Å². The van der Waals surface area contributed by atoms with Crippen molar-refractivity contribution in [3.63, 3.8) is 0 Å². The van der Waals surface area contributed by atoms with Crippen LogP contribution in [0.4, 0.5) is 5.69 Å². The number of ether oxygens (including phenoxy) is 1. The molecule has 1 aliphatic carbocycles. The van der Waals surface area contributed by atoms with E-state index in [4.69, 9.17) is 4.74 Å². The van der Waals surface area contributed by atoms with Crippen LogP contribution in [-0.2, 0) is 4.79 Å². The highest BCUT2D eigenvalue weighted by Crippen LogP contribution is 2.38. The number of nitrogens with zero attached hydrogens (tertiary/aromatic N) is 1. The molecule has 2 atom stereocenters. The van der Waals surface area contributed by atoms with Gasteiger partial charge in [0, 0.05) is 12.0 Å². The fourth-order valence-corrected chi connectivity index (χ4v) is 1.50. The van der Waals surface area contributed by atoms with E-state index in [1.807, 2.05) is 0 Å². The summed E-state index contributed by atoms with van der Waals surface area (Å²) in [5.74, 6) is 1.35. The maximum Gasteiger partial charge on any atom is 0.227 e. The summed E-state index contributed by atoms with van der Waals surface area (Å²) in [5, 5.41) is 2.83. The van der Waals surface area contributed by atoms with Gasteiger partial charge in [0.1, 0.15) is 0 Å². The maximum absolute atomic E-state index is 11.6. The topological polar surface area (TPSA) is 51.2 Å². The minimum absolute atomic E-state index is 0.0921. The second-order valence-corrected chi connectivity index (χ2v) is 3.90. The number of rotatable bonds is 3. The van der Waals surface area contributed by atoms with Crippen LogP contribution < -0.4 is 10.1 Å². The zero-order valence-corrected chi connectivity index (χ0v) is 8.86. The third-order valence-corrected chi connectivity index (χ3v) is 2.66. The molecule has 1 heterocycles. The molecule has 4 heteroatoms. The number of hydrogen-bond donors (Lipinski definition) is 1. The van der Waals surface area contributed by atoms with Gasteiger partial charge in [0.2, 0.25) is 11.8 Å². The third-order valence-electron chi connectivity index (χ3n) is 2.66.